The fourth-order valence-electron chi connectivity index (χ4n) is 2.48. The van der Waals surface area contributed by atoms with Crippen LogP contribution < -0.4 is 11.1 Å². The van der Waals surface area contributed by atoms with Gasteiger partial charge in [0.1, 0.15) is 5.82 Å². The SMILES string of the molecule is NCC1(CNC(=O)c2cncc(F)c2)CCCC1. The number of carbonyl (C=O) groups is 1. The van der Waals surface area contributed by atoms with E-state index in [9.17, 15) is 9.18 Å². The van der Waals surface area contributed by atoms with Crippen molar-refractivity contribution in [1.29, 1.82) is 0 Å². The van der Waals surface area contributed by atoms with Crippen LogP contribution >= 0.6 is 0 Å². The van der Waals surface area contributed by atoms with E-state index in [1.54, 1.807) is 0 Å². The molecule has 1 aliphatic carbocycles. The minimum Gasteiger partial charge on any atom is -0.351 e. The summed E-state index contributed by atoms with van der Waals surface area (Å²) in [6, 6.07) is 1.19. The Morgan fingerprint density at radius 2 is 2.17 bits per heavy atom. The van der Waals surface area contributed by atoms with Crippen LogP contribution in [0.2, 0.25) is 0 Å². The molecule has 1 amide bonds. The number of nitrogens with one attached hydrogen (secondary N) is 1. The quantitative estimate of drug-likeness (QED) is 0.851. The van der Waals surface area contributed by atoms with Gasteiger partial charge < -0.3 is 11.1 Å². The van der Waals surface area contributed by atoms with E-state index in [0.717, 1.165) is 31.9 Å². The summed E-state index contributed by atoms with van der Waals surface area (Å²) in [7, 11) is 0. The van der Waals surface area contributed by atoms with Crippen molar-refractivity contribution in [1.82, 2.24) is 10.3 Å². The van der Waals surface area contributed by atoms with Gasteiger partial charge in [-0.15, -0.1) is 0 Å². The van der Waals surface area contributed by atoms with Gasteiger partial charge in [0.2, 0.25) is 0 Å². The highest BCUT2D eigenvalue weighted by molar-refractivity contribution is 5.93. The van der Waals surface area contributed by atoms with Crippen LogP contribution in [-0.4, -0.2) is 24.0 Å². The number of nitrogens with zero attached hydrogens (tertiary/aromatic N) is 1. The largest absolute Gasteiger partial charge is 0.351 e. The van der Waals surface area contributed by atoms with E-state index in [0.29, 0.717) is 13.1 Å². The van der Waals surface area contributed by atoms with E-state index in [2.05, 4.69) is 10.3 Å². The van der Waals surface area contributed by atoms with Gasteiger partial charge in [0.25, 0.3) is 5.91 Å². The molecular weight excluding hydrogens is 233 g/mol. The number of amides is 1. The molecule has 1 aromatic rings. The maximum atomic E-state index is 12.9. The van der Waals surface area contributed by atoms with Crippen molar-refractivity contribution >= 4 is 5.91 Å². The molecule has 5 heteroatoms. The van der Waals surface area contributed by atoms with E-state index in [4.69, 9.17) is 5.73 Å². The molecule has 0 atom stereocenters. The van der Waals surface area contributed by atoms with Crippen molar-refractivity contribution in [2.45, 2.75) is 25.7 Å². The lowest BCUT2D eigenvalue weighted by Crippen LogP contribution is -2.40. The number of nitrogens with two attached hydrogens (primary N) is 1. The first-order valence-electron chi connectivity index (χ1n) is 6.24. The number of carbonyl (C=O) groups excluding carboxylic acids is 1. The summed E-state index contributed by atoms with van der Waals surface area (Å²) in [5.74, 6) is -0.793. The standard InChI is InChI=1S/C13H18FN3O/c14-11-5-10(6-16-7-11)12(18)17-9-13(8-15)3-1-2-4-13/h5-7H,1-4,8-9,15H2,(H,17,18). The van der Waals surface area contributed by atoms with E-state index < -0.39 is 5.82 Å². The molecule has 0 radical (unpaired) electrons. The summed E-state index contributed by atoms with van der Waals surface area (Å²) in [5.41, 5.74) is 6.07. The third-order valence-corrected chi connectivity index (χ3v) is 3.69. The van der Waals surface area contributed by atoms with Crippen molar-refractivity contribution < 1.29 is 9.18 Å². The molecule has 0 aliphatic heterocycles. The lowest BCUT2D eigenvalue weighted by molar-refractivity contribution is 0.0931. The minimum atomic E-state index is -0.503. The number of hydrogen-bond acceptors (Lipinski definition) is 3. The summed E-state index contributed by atoms with van der Waals surface area (Å²) in [6.45, 7) is 1.13. The number of aromatic nitrogens is 1. The van der Waals surface area contributed by atoms with Gasteiger partial charge in [-0.3, -0.25) is 9.78 Å². The first kappa shape index (κ1) is 13.0. The summed E-state index contributed by atoms with van der Waals surface area (Å²) in [5, 5.41) is 2.83. The normalized spacial score (nSPS) is 17.7. The zero-order valence-corrected chi connectivity index (χ0v) is 10.3. The number of halogens is 1. The molecule has 1 saturated carbocycles. The summed E-state index contributed by atoms with van der Waals surface area (Å²) in [6.07, 6.45) is 6.86. The maximum Gasteiger partial charge on any atom is 0.252 e. The fourth-order valence-corrected chi connectivity index (χ4v) is 2.48. The van der Waals surface area contributed by atoms with Crippen LogP contribution in [-0.2, 0) is 0 Å². The Labute approximate surface area is 106 Å². The van der Waals surface area contributed by atoms with Crippen LogP contribution in [0.4, 0.5) is 4.39 Å². The third kappa shape index (κ3) is 2.85. The number of hydrogen-bond donors (Lipinski definition) is 2. The highest BCUT2D eigenvalue weighted by atomic mass is 19.1. The highest BCUT2D eigenvalue weighted by Gasteiger charge is 2.32. The van der Waals surface area contributed by atoms with Gasteiger partial charge in [-0.2, -0.15) is 0 Å². The molecule has 0 unspecified atom stereocenters. The molecule has 1 aliphatic rings. The summed E-state index contributed by atoms with van der Waals surface area (Å²) < 4.78 is 12.9. The molecule has 1 heterocycles. The molecule has 3 N–H and O–H groups in total. The second-order valence-electron chi connectivity index (χ2n) is 4.99. The van der Waals surface area contributed by atoms with Crippen LogP contribution in [0.5, 0.6) is 0 Å². The van der Waals surface area contributed by atoms with Crippen LogP contribution in [0.3, 0.4) is 0 Å². The fraction of sp³-hybridized carbons (Fsp3) is 0.538. The Balaban J connectivity index is 1.96. The third-order valence-electron chi connectivity index (χ3n) is 3.69. The highest BCUT2D eigenvalue weighted by Crippen LogP contribution is 2.36. The van der Waals surface area contributed by atoms with Crippen molar-refractivity contribution in [2.75, 3.05) is 13.1 Å². The first-order chi connectivity index (χ1) is 8.65. The molecule has 1 fully saturated rings. The Bertz CT molecular complexity index is 430. The molecule has 0 bridgehead atoms. The summed E-state index contributed by atoms with van der Waals surface area (Å²) >= 11 is 0. The van der Waals surface area contributed by atoms with Gasteiger partial charge in [-0.25, -0.2) is 4.39 Å². The summed E-state index contributed by atoms with van der Waals surface area (Å²) in [4.78, 5) is 15.5. The molecule has 1 aromatic heterocycles. The van der Waals surface area contributed by atoms with Crippen molar-refractivity contribution in [3.63, 3.8) is 0 Å². The van der Waals surface area contributed by atoms with E-state index in [1.807, 2.05) is 0 Å². The smallest absolute Gasteiger partial charge is 0.252 e. The lowest BCUT2D eigenvalue weighted by Gasteiger charge is -2.27. The van der Waals surface area contributed by atoms with Crippen molar-refractivity contribution in [3.8, 4) is 0 Å². The Morgan fingerprint density at radius 3 is 2.78 bits per heavy atom. The molecule has 0 aromatic carbocycles. The Morgan fingerprint density at radius 1 is 1.44 bits per heavy atom. The van der Waals surface area contributed by atoms with Crippen molar-refractivity contribution in [2.24, 2.45) is 11.1 Å². The molecule has 0 spiro atoms. The average Bonchev–Trinajstić information content (AvgIpc) is 2.85. The lowest BCUT2D eigenvalue weighted by atomic mass is 9.86. The van der Waals surface area contributed by atoms with Crippen LogP contribution in [0.15, 0.2) is 18.5 Å². The monoisotopic (exact) mass is 251 g/mol. The van der Waals surface area contributed by atoms with Gasteiger partial charge in [0.05, 0.1) is 11.8 Å². The van der Waals surface area contributed by atoms with Crippen molar-refractivity contribution in [3.05, 3.63) is 29.8 Å². The van der Waals surface area contributed by atoms with Gasteiger partial charge in [-0.1, -0.05) is 12.8 Å². The number of pyridine rings is 1. The second-order valence-corrected chi connectivity index (χ2v) is 4.99. The van der Waals surface area contributed by atoms with Gasteiger partial charge >= 0.3 is 0 Å². The zero-order chi connectivity index (χ0) is 13.0. The first-order valence-corrected chi connectivity index (χ1v) is 6.24. The van der Waals surface area contributed by atoms with Gasteiger partial charge in [0, 0.05) is 12.7 Å². The van der Waals surface area contributed by atoms with Gasteiger partial charge in [-0.05, 0) is 30.9 Å². The average molecular weight is 251 g/mol. The van der Waals surface area contributed by atoms with E-state index in [1.165, 1.54) is 12.3 Å². The van der Waals surface area contributed by atoms with Gasteiger partial charge in [0.15, 0.2) is 0 Å². The molecule has 4 nitrogen and oxygen atoms in total. The predicted octanol–water partition coefficient (Wildman–Crippen LogP) is 1.47. The van der Waals surface area contributed by atoms with E-state index in [-0.39, 0.29) is 16.9 Å². The molecule has 18 heavy (non-hydrogen) atoms. The topological polar surface area (TPSA) is 68.0 Å². The predicted molar refractivity (Wildman–Crippen MR) is 66.5 cm³/mol. The Hall–Kier alpha value is -1.49. The van der Waals surface area contributed by atoms with E-state index >= 15 is 0 Å². The molecule has 2 rings (SSSR count). The molecule has 0 saturated heterocycles. The molecule has 98 valence electrons. The van der Waals surface area contributed by atoms with Crippen LogP contribution in [0, 0.1) is 11.2 Å². The second kappa shape index (κ2) is 5.44. The maximum absolute atomic E-state index is 12.9. The van der Waals surface area contributed by atoms with Crippen LogP contribution in [0.1, 0.15) is 36.0 Å². The minimum absolute atomic E-state index is 0.0242. The zero-order valence-electron chi connectivity index (χ0n) is 10.3. The van der Waals surface area contributed by atoms with Crippen LogP contribution in [0.25, 0.3) is 0 Å². The number of rotatable bonds is 4. The molecular formula is C13H18FN3O. The Kier molecular flexibility index (Phi) is 3.91.